The van der Waals surface area contributed by atoms with Gasteiger partial charge in [-0.2, -0.15) is 0 Å². The number of benzene rings is 1. The van der Waals surface area contributed by atoms with E-state index in [4.69, 9.17) is 5.73 Å². The first-order valence-electron chi connectivity index (χ1n) is 5.01. The van der Waals surface area contributed by atoms with E-state index in [1.54, 1.807) is 24.3 Å². The molecule has 1 aromatic carbocycles. The van der Waals surface area contributed by atoms with Crippen LogP contribution in [0.1, 0.15) is 25.5 Å². The standard InChI is InChI=1S/C12H17NO2S/c1-9(2)8-12(13)10-4-6-11(7-5-10)16(3,14)15/h4-8,12H,13H2,1-3H3. The van der Waals surface area contributed by atoms with Crippen LogP contribution < -0.4 is 5.73 Å². The van der Waals surface area contributed by atoms with Gasteiger partial charge in [-0.3, -0.25) is 0 Å². The van der Waals surface area contributed by atoms with Crippen LogP contribution >= 0.6 is 0 Å². The number of hydrogen-bond acceptors (Lipinski definition) is 3. The third kappa shape index (κ3) is 3.47. The van der Waals surface area contributed by atoms with Crippen LogP contribution in [-0.4, -0.2) is 14.7 Å². The highest BCUT2D eigenvalue weighted by Gasteiger charge is 2.08. The number of hydrogen-bond donors (Lipinski definition) is 1. The largest absolute Gasteiger partial charge is 0.321 e. The van der Waals surface area contributed by atoms with Crippen LogP contribution in [-0.2, 0) is 9.84 Å². The summed E-state index contributed by atoms with van der Waals surface area (Å²) >= 11 is 0. The first-order valence-corrected chi connectivity index (χ1v) is 6.90. The van der Waals surface area contributed by atoms with E-state index in [-0.39, 0.29) is 6.04 Å². The van der Waals surface area contributed by atoms with E-state index < -0.39 is 9.84 Å². The van der Waals surface area contributed by atoms with E-state index in [1.165, 1.54) is 6.26 Å². The third-order valence-electron chi connectivity index (χ3n) is 2.21. The van der Waals surface area contributed by atoms with Crippen molar-refractivity contribution >= 4 is 9.84 Å². The second kappa shape index (κ2) is 4.80. The molecule has 0 saturated carbocycles. The molecule has 0 radical (unpaired) electrons. The highest BCUT2D eigenvalue weighted by Crippen LogP contribution is 2.16. The lowest BCUT2D eigenvalue weighted by Gasteiger charge is -2.08. The highest BCUT2D eigenvalue weighted by molar-refractivity contribution is 7.90. The molecular formula is C12H17NO2S. The minimum absolute atomic E-state index is 0.182. The summed E-state index contributed by atoms with van der Waals surface area (Å²) in [5.41, 5.74) is 7.98. The van der Waals surface area contributed by atoms with Crippen molar-refractivity contribution in [2.45, 2.75) is 24.8 Å². The van der Waals surface area contributed by atoms with Crippen molar-refractivity contribution in [3.05, 3.63) is 41.5 Å². The van der Waals surface area contributed by atoms with E-state index in [2.05, 4.69) is 0 Å². The second-order valence-electron chi connectivity index (χ2n) is 4.11. The Balaban J connectivity index is 3.00. The molecule has 0 spiro atoms. The molecule has 0 saturated heterocycles. The molecule has 0 bridgehead atoms. The Morgan fingerprint density at radius 3 is 2.12 bits per heavy atom. The molecule has 3 nitrogen and oxygen atoms in total. The number of nitrogens with two attached hydrogens (primary N) is 1. The predicted octanol–water partition coefficient (Wildman–Crippen LogP) is 2.06. The average molecular weight is 239 g/mol. The lowest BCUT2D eigenvalue weighted by atomic mass is 10.1. The van der Waals surface area contributed by atoms with Crippen LogP contribution in [0.4, 0.5) is 0 Å². The Kier molecular flexibility index (Phi) is 3.88. The number of allylic oxidation sites excluding steroid dienone is 1. The molecule has 0 amide bonds. The molecule has 0 aliphatic heterocycles. The van der Waals surface area contributed by atoms with Crippen molar-refractivity contribution in [1.82, 2.24) is 0 Å². The minimum atomic E-state index is -3.12. The van der Waals surface area contributed by atoms with Gasteiger partial charge in [-0.25, -0.2) is 8.42 Å². The molecule has 0 fully saturated rings. The second-order valence-corrected chi connectivity index (χ2v) is 6.13. The maximum atomic E-state index is 11.2. The van der Waals surface area contributed by atoms with Gasteiger partial charge in [0, 0.05) is 12.3 Å². The Morgan fingerprint density at radius 1 is 1.25 bits per heavy atom. The van der Waals surface area contributed by atoms with Gasteiger partial charge >= 0.3 is 0 Å². The number of rotatable bonds is 3. The van der Waals surface area contributed by atoms with Crippen molar-refractivity contribution in [3.63, 3.8) is 0 Å². The van der Waals surface area contributed by atoms with Gasteiger partial charge in [0.1, 0.15) is 0 Å². The third-order valence-corrected chi connectivity index (χ3v) is 3.33. The summed E-state index contributed by atoms with van der Waals surface area (Å²) in [4.78, 5) is 0.320. The zero-order chi connectivity index (χ0) is 12.3. The maximum Gasteiger partial charge on any atom is 0.175 e. The van der Waals surface area contributed by atoms with Gasteiger partial charge in [0.05, 0.1) is 4.90 Å². The van der Waals surface area contributed by atoms with E-state index in [1.807, 2.05) is 19.9 Å². The molecule has 1 atom stereocenters. The fourth-order valence-corrected chi connectivity index (χ4v) is 2.02. The molecule has 0 aromatic heterocycles. The maximum absolute atomic E-state index is 11.2. The Bertz CT molecular complexity index is 482. The van der Waals surface area contributed by atoms with Crippen molar-refractivity contribution in [2.75, 3.05) is 6.26 Å². The van der Waals surface area contributed by atoms with Gasteiger partial charge < -0.3 is 5.73 Å². The van der Waals surface area contributed by atoms with Crippen LogP contribution in [0.25, 0.3) is 0 Å². The van der Waals surface area contributed by atoms with Crippen LogP contribution in [0.15, 0.2) is 40.8 Å². The predicted molar refractivity (Wildman–Crippen MR) is 65.9 cm³/mol. The summed E-state index contributed by atoms with van der Waals surface area (Å²) in [6.07, 6.45) is 3.13. The van der Waals surface area contributed by atoms with Gasteiger partial charge in [0.2, 0.25) is 0 Å². The summed E-state index contributed by atoms with van der Waals surface area (Å²) in [5.74, 6) is 0. The molecule has 4 heteroatoms. The molecule has 88 valence electrons. The fourth-order valence-electron chi connectivity index (χ4n) is 1.39. The lowest BCUT2D eigenvalue weighted by molar-refractivity contribution is 0.602. The quantitative estimate of drug-likeness (QED) is 0.821. The van der Waals surface area contributed by atoms with Crippen molar-refractivity contribution in [3.8, 4) is 0 Å². The smallest absolute Gasteiger partial charge is 0.175 e. The molecule has 0 heterocycles. The van der Waals surface area contributed by atoms with Gasteiger partial charge in [-0.15, -0.1) is 0 Å². The van der Waals surface area contributed by atoms with E-state index in [0.717, 1.165) is 11.1 Å². The Morgan fingerprint density at radius 2 is 1.75 bits per heavy atom. The molecule has 2 N–H and O–H groups in total. The summed E-state index contributed by atoms with van der Waals surface area (Å²) in [6, 6.07) is 6.49. The Hall–Kier alpha value is -1.13. The molecular weight excluding hydrogens is 222 g/mol. The van der Waals surface area contributed by atoms with Gasteiger partial charge in [-0.05, 0) is 31.5 Å². The van der Waals surface area contributed by atoms with E-state index in [0.29, 0.717) is 4.90 Å². The SMILES string of the molecule is CC(C)=CC(N)c1ccc(S(C)(=O)=O)cc1. The fraction of sp³-hybridized carbons (Fsp3) is 0.333. The van der Waals surface area contributed by atoms with Crippen LogP contribution in [0.5, 0.6) is 0 Å². The first kappa shape index (κ1) is 12.9. The van der Waals surface area contributed by atoms with Gasteiger partial charge in [0.15, 0.2) is 9.84 Å². The summed E-state index contributed by atoms with van der Waals surface area (Å²) < 4.78 is 22.5. The zero-order valence-electron chi connectivity index (χ0n) is 9.77. The van der Waals surface area contributed by atoms with E-state index >= 15 is 0 Å². The van der Waals surface area contributed by atoms with Crippen LogP contribution in [0.2, 0.25) is 0 Å². The highest BCUT2D eigenvalue weighted by atomic mass is 32.2. The topological polar surface area (TPSA) is 60.2 Å². The summed E-state index contributed by atoms with van der Waals surface area (Å²) in [7, 11) is -3.12. The molecule has 0 aliphatic carbocycles. The normalized spacial score (nSPS) is 13.2. The number of sulfone groups is 1. The van der Waals surface area contributed by atoms with Crippen LogP contribution in [0.3, 0.4) is 0 Å². The molecule has 1 unspecified atom stereocenters. The summed E-state index contributed by atoms with van der Waals surface area (Å²) in [5, 5.41) is 0. The monoisotopic (exact) mass is 239 g/mol. The van der Waals surface area contributed by atoms with Crippen molar-refractivity contribution in [2.24, 2.45) is 5.73 Å². The molecule has 16 heavy (non-hydrogen) atoms. The van der Waals surface area contributed by atoms with Crippen molar-refractivity contribution < 1.29 is 8.42 Å². The van der Waals surface area contributed by atoms with Crippen molar-refractivity contribution in [1.29, 1.82) is 0 Å². The molecule has 1 aromatic rings. The molecule has 1 rings (SSSR count). The summed E-state index contributed by atoms with van der Waals surface area (Å²) in [6.45, 7) is 3.95. The average Bonchev–Trinajstić information content (AvgIpc) is 2.15. The lowest BCUT2D eigenvalue weighted by Crippen LogP contribution is -2.08. The van der Waals surface area contributed by atoms with Gasteiger partial charge in [-0.1, -0.05) is 23.8 Å². The van der Waals surface area contributed by atoms with Gasteiger partial charge in [0.25, 0.3) is 0 Å². The minimum Gasteiger partial charge on any atom is -0.321 e. The Labute approximate surface area is 96.9 Å². The van der Waals surface area contributed by atoms with E-state index in [9.17, 15) is 8.42 Å². The van der Waals surface area contributed by atoms with Crippen LogP contribution in [0, 0.1) is 0 Å². The first-order chi connectivity index (χ1) is 7.30. The zero-order valence-corrected chi connectivity index (χ0v) is 10.6. The molecule has 0 aliphatic rings.